The highest BCUT2D eigenvalue weighted by molar-refractivity contribution is 9.10. The number of benzene rings is 1. The van der Waals surface area contributed by atoms with Crippen LogP contribution in [-0.4, -0.2) is 22.0 Å². The Hall–Kier alpha value is -1.33. The molecule has 0 radical (unpaired) electrons. The van der Waals surface area contributed by atoms with E-state index in [4.69, 9.17) is 16.7 Å². The number of aliphatic hydroxyl groups excluding tert-OH is 1. The van der Waals surface area contributed by atoms with Gasteiger partial charge in [0, 0.05) is 21.1 Å². The number of carbonyl (C=O) groups is 2. The standard InChI is InChI=1S/C10H6BrClO4/c11-7-3-5(12)1-2-6(7)8(13)4-9(14)10(15)16/h1-4,13H,(H,15,16)/b8-4-. The number of carboxylic acids is 1. The van der Waals surface area contributed by atoms with Gasteiger partial charge in [-0.1, -0.05) is 11.6 Å². The number of aliphatic carboxylic acids is 1. The monoisotopic (exact) mass is 304 g/mol. The molecule has 84 valence electrons. The molecule has 0 heterocycles. The van der Waals surface area contributed by atoms with Crippen LogP contribution in [0.25, 0.3) is 5.76 Å². The molecule has 0 aliphatic carbocycles. The maximum Gasteiger partial charge on any atom is 0.376 e. The summed E-state index contributed by atoms with van der Waals surface area (Å²) in [5, 5.41) is 18.3. The lowest BCUT2D eigenvalue weighted by molar-refractivity contribution is -0.146. The van der Waals surface area contributed by atoms with Crippen LogP contribution in [0.5, 0.6) is 0 Å². The predicted molar refractivity (Wildman–Crippen MR) is 62.4 cm³/mol. The van der Waals surface area contributed by atoms with Gasteiger partial charge in [0.05, 0.1) is 0 Å². The first-order chi connectivity index (χ1) is 7.41. The van der Waals surface area contributed by atoms with Crippen LogP contribution in [0.4, 0.5) is 0 Å². The molecule has 0 amide bonds. The molecule has 0 atom stereocenters. The topological polar surface area (TPSA) is 74.6 Å². The van der Waals surface area contributed by atoms with Gasteiger partial charge in [-0.25, -0.2) is 4.79 Å². The minimum Gasteiger partial charge on any atom is -0.507 e. The zero-order valence-corrected chi connectivity index (χ0v) is 10.1. The van der Waals surface area contributed by atoms with Crippen molar-refractivity contribution < 1.29 is 19.8 Å². The molecule has 0 unspecified atom stereocenters. The van der Waals surface area contributed by atoms with E-state index in [9.17, 15) is 14.7 Å². The Morgan fingerprint density at radius 1 is 1.31 bits per heavy atom. The molecule has 4 nitrogen and oxygen atoms in total. The third-order valence-electron chi connectivity index (χ3n) is 1.69. The van der Waals surface area contributed by atoms with E-state index in [1.54, 1.807) is 0 Å². The lowest BCUT2D eigenvalue weighted by Gasteiger charge is -2.03. The van der Waals surface area contributed by atoms with E-state index in [1.807, 2.05) is 0 Å². The van der Waals surface area contributed by atoms with Crippen LogP contribution >= 0.6 is 27.5 Å². The van der Waals surface area contributed by atoms with E-state index in [2.05, 4.69) is 15.9 Å². The summed E-state index contributed by atoms with van der Waals surface area (Å²) in [4.78, 5) is 21.1. The highest BCUT2D eigenvalue weighted by atomic mass is 79.9. The fourth-order valence-electron chi connectivity index (χ4n) is 0.961. The van der Waals surface area contributed by atoms with Crippen molar-refractivity contribution in [3.05, 3.63) is 39.3 Å². The molecule has 0 saturated carbocycles. The second-order valence-corrected chi connectivity index (χ2v) is 4.11. The molecule has 0 aliphatic rings. The summed E-state index contributed by atoms with van der Waals surface area (Å²) >= 11 is 8.82. The zero-order chi connectivity index (χ0) is 12.3. The van der Waals surface area contributed by atoms with Crippen molar-refractivity contribution in [3.8, 4) is 0 Å². The third-order valence-corrected chi connectivity index (χ3v) is 2.58. The second-order valence-electron chi connectivity index (χ2n) is 2.82. The molecule has 1 aromatic carbocycles. The number of ketones is 1. The number of hydrogen-bond donors (Lipinski definition) is 2. The fraction of sp³-hybridized carbons (Fsp3) is 0. The maximum absolute atomic E-state index is 10.8. The van der Waals surface area contributed by atoms with Crippen LogP contribution in [0, 0.1) is 0 Å². The summed E-state index contributed by atoms with van der Waals surface area (Å²) in [5.41, 5.74) is 0.291. The Labute approximate surface area is 104 Å². The minimum absolute atomic E-state index is 0.291. The summed E-state index contributed by atoms with van der Waals surface area (Å²) in [7, 11) is 0. The van der Waals surface area contributed by atoms with Crippen molar-refractivity contribution in [2.45, 2.75) is 0 Å². The third kappa shape index (κ3) is 3.08. The molecule has 1 rings (SSSR count). The predicted octanol–water partition coefficient (Wildman–Crippen LogP) is 2.66. The first kappa shape index (κ1) is 12.7. The van der Waals surface area contributed by atoms with Gasteiger partial charge in [-0.15, -0.1) is 0 Å². The van der Waals surface area contributed by atoms with Gasteiger partial charge in [-0.2, -0.15) is 0 Å². The van der Waals surface area contributed by atoms with Gasteiger partial charge in [-0.3, -0.25) is 4.79 Å². The summed E-state index contributed by atoms with van der Waals surface area (Å²) < 4.78 is 0.465. The van der Waals surface area contributed by atoms with Crippen molar-refractivity contribution in [1.82, 2.24) is 0 Å². The van der Waals surface area contributed by atoms with E-state index < -0.39 is 17.5 Å². The van der Waals surface area contributed by atoms with Crippen molar-refractivity contribution >= 4 is 45.0 Å². The fourth-order valence-corrected chi connectivity index (χ4v) is 1.85. The van der Waals surface area contributed by atoms with Crippen molar-refractivity contribution in [2.75, 3.05) is 0 Å². The van der Waals surface area contributed by atoms with Crippen molar-refractivity contribution in [1.29, 1.82) is 0 Å². The van der Waals surface area contributed by atoms with Crippen molar-refractivity contribution in [3.63, 3.8) is 0 Å². The first-order valence-electron chi connectivity index (χ1n) is 4.05. The lowest BCUT2D eigenvalue weighted by atomic mass is 10.1. The molecule has 0 saturated heterocycles. The van der Waals surface area contributed by atoms with Gasteiger partial charge < -0.3 is 10.2 Å². The Kier molecular flexibility index (Phi) is 4.09. The van der Waals surface area contributed by atoms with E-state index >= 15 is 0 Å². The quantitative estimate of drug-likeness (QED) is 0.511. The minimum atomic E-state index is -1.63. The molecule has 0 bridgehead atoms. The summed E-state index contributed by atoms with van der Waals surface area (Å²) in [6, 6.07) is 4.50. The Balaban J connectivity index is 3.10. The molecule has 6 heteroatoms. The summed E-state index contributed by atoms with van der Waals surface area (Å²) in [5.74, 6) is -3.26. The van der Waals surface area contributed by atoms with Crippen LogP contribution in [0.15, 0.2) is 28.7 Å². The number of carboxylic acid groups (broad SMARTS) is 1. The zero-order valence-electron chi connectivity index (χ0n) is 7.78. The largest absolute Gasteiger partial charge is 0.507 e. The normalized spacial score (nSPS) is 11.2. The van der Waals surface area contributed by atoms with Gasteiger partial charge in [0.15, 0.2) is 0 Å². The summed E-state index contributed by atoms with van der Waals surface area (Å²) in [6.45, 7) is 0. The van der Waals surface area contributed by atoms with Crippen molar-refractivity contribution in [2.24, 2.45) is 0 Å². The van der Waals surface area contributed by atoms with Gasteiger partial charge in [0.1, 0.15) is 5.76 Å². The van der Waals surface area contributed by atoms with Crippen LogP contribution < -0.4 is 0 Å². The molecule has 2 N–H and O–H groups in total. The molecular weight excluding hydrogens is 299 g/mol. The van der Waals surface area contributed by atoms with Crippen LogP contribution in [0.2, 0.25) is 5.02 Å². The SMILES string of the molecule is O=C(O)C(=O)/C=C(\O)c1ccc(Cl)cc1Br. The molecule has 0 spiro atoms. The molecule has 16 heavy (non-hydrogen) atoms. The highest BCUT2D eigenvalue weighted by Gasteiger charge is 2.12. The number of rotatable bonds is 3. The second kappa shape index (κ2) is 5.14. The van der Waals surface area contributed by atoms with Crippen LogP contribution in [0.3, 0.4) is 0 Å². The average Bonchev–Trinajstić information content (AvgIpc) is 2.16. The maximum atomic E-state index is 10.8. The Morgan fingerprint density at radius 2 is 1.94 bits per heavy atom. The number of hydrogen-bond acceptors (Lipinski definition) is 3. The van der Waals surface area contributed by atoms with Gasteiger partial charge in [-0.05, 0) is 34.1 Å². The smallest absolute Gasteiger partial charge is 0.376 e. The van der Waals surface area contributed by atoms with Gasteiger partial charge in [0.25, 0.3) is 5.78 Å². The lowest BCUT2D eigenvalue weighted by Crippen LogP contribution is -2.09. The van der Waals surface area contributed by atoms with Crippen LogP contribution in [-0.2, 0) is 9.59 Å². The van der Waals surface area contributed by atoms with E-state index in [-0.39, 0.29) is 0 Å². The van der Waals surface area contributed by atoms with E-state index in [0.29, 0.717) is 21.1 Å². The van der Waals surface area contributed by atoms with E-state index in [1.165, 1.54) is 18.2 Å². The van der Waals surface area contributed by atoms with Gasteiger partial charge in [0.2, 0.25) is 0 Å². The first-order valence-corrected chi connectivity index (χ1v) is 5.22. The Bertz CT molecular complexity index is 482. The number of halogens is 2. The molecule has 0 aromatic heterocycles. The van der Waals surface area contributed by atoms with E-state index in [0.717, 1.165) is 0 Å². The average molecular weight is 306 g/mol. The summed E-state index contributed by atoms with van der Waals surface area (Å²) in [6.07, 6.45) is 0.635. The Morgan fingerprint density at radius 3 is 2.44 bits per heavy atom. The van der Waals surface area contributed by atoms with Gasteiger partial charge >= 0.3 is 5.97 Å². The number of carbonyl (C=O) groups excluding carboxylic acids is 1. The number of aliphatic hydroxyl groups is 1. The molecule has 1 aromatic rings. The molecule has 0 fully saturated rings. The molecule has 0 aliphatic heterocycles. The van der Waals surface area contributed by atoms with Crippen LogP contribution in [0.1, 0.15) is 5.56 Å². The highest BCUT2D eigenvalue weighted by Crippen LogP contribution is 2.26. The molecular formula is C10H6BrClO4.